The van der Waals surface area contributed by atoms with Gasteiger partial charge in [-0.2, -0.15) is 0 Å². The fourth-order valence-electron chi connectivity index (χ4n) is 2.86. The van der Waals surface area contributed by atoms with Crippen LogP contribution in [0.4, 0.5) is 0 Å². The Bertz CT molecular complexity index is 616. The van der Waals surface area contributed by atoms with Crippen LogP contribution in [-0.4, -0.2) is 64.1 Å². The van der Waals surface area contributed by atoms with E-state index in [2.05, 4.69) is 5.32 Å². The van der Waals surface area contributed by atoms with Crippen molar-refractivity contribution in [1.29, 1.82) is 0 Å². The molecule has 8 heteroatoms. The Morgan fingerprint density at radius 1 is 0.962 bits per heavy atom. The Morgan fingerprint density at radius 2 is 1.62 bits per heavy atom. The predicted molar refractivity (Wildman–Crippen MR) is 101 cm³/mol. The molecule has 7 nitrogen and oxygen atoms in total. The molecule has 26 heavy (non-hydrogen) atoms. The van der Waals surface area contributed by atoms with E-state index < -0.39 is 0 Å². The minimum absolute atomic E-state index is 0. The molecular formula is C18H27ClN2O5. The Morgan fingerprint density at radius 3 is 2.27 bits per heavy atom. The summed E-state index contributed by atoms with van der Waals surface area (Å²) >= 11 is 0. The SMILES string of the molecule is COc1cc(OC)c(C(=O)CCC(=O)N2CCCNCC2)cc1OC.Cl. The molecule has 0 bridgehead atoms. The first-order chi connectivity index (χ1) is 12.1. The Balaban J connectivity index is 0.00000338. The third-order valence-electron chi connectivity index (χ3n) is 4.26. The Kier molecular flexibility index (Phi) is 9.23. The number of carbonyl (C=O) groups excluding carboxylic acids is 2. The topological polar surface area (TPSA) is 77.1 Å². The maximum absolute atomic E-state index is 12.6. The largest absolute Gasteiger partial charge is 0.496 e. The number of nitrogens with zero attached hydrogens (tertiary/aromatic N) is 1. The van der Waals surface area contributed by atoms with E-state index in [0.717, 1.165) is 26.1 Å². The van der Waals surface area contributed by atoms with Crippen LogP contribution in [0, 0.1) is 0 Å². The van der Waals surface area contributed by atoms with Crippen molar-refractivity contribution in [3.63, 3.8) is 0 Å². The number of hydrogen-bond donors (Lipinski definition) is 1. The third-order valence-corrected chi connectivity index (χ3v) is 4.26. The fraction of sp³-hybridized carbons (Fsp3) is 0.556. The normalized spacial score (nSPS) is 14.0. The van der Waals surface area contributed by atoms with Crippen LogP contribution in [0.1, 0.15) is 29.6 Å². The molecule has 1 saturated heterocycles. The molecule has 1 N–H and O–H groups in total. The first kappa shape index (κ1) is 22.1. The minimum Gasteiger partial charge on any atom is -0.496 e. The summed E-state index contributed by atoms with van der Waals surface area (Å²) in [6, 6.07) is 3.22. The zero-order valence-corrected chi connectivity index (χ0v) is 16.3. The van der Waals surface area contributed by atoms with Gasteiger partial charge in [0, 0.05) is 38.5 Å². The lowest BCUT2D eigenvalue weighted by Gasteiger charge is -2.20. The fourth-order valence-corrected chi connectivity index (χ4v) is 2.86. The van der Waals surface area contributed by atoms with Crippen molar-refractivity contribution in [2.75, 3.05) is 47.5 Å². The van der Waals surface area contributed by atoms with Crippen LogP contribution in [0.5, 0.6) is 17.2 Å². The summed E-state index contributed by atoms with van der Waals surface area (Å²) in [5.74, 6) is 1.21. The standard InChI is InChI=1S/C18H26N2O5.ClH/c1-23-15-12-17(25-3)16(24-2)11-13(15)14(21)5-6-18(22)20-9-4-7-19-8-10-20;/h11-12,19H,4-10H2,1-3H3;1H. The van der Waals surface area contributed by atoms with E-state index >= 15 is 0 Å². The highest BCUT2D eigenvalue weighted by Crippen LogP contribution is 2.35. The molecule has 0 saturated carbocycles. The monoisotopic (exact) mass is 386 g/mol. The lowest BCUT2D eigenvalue weighted by Crippen LogP contribution is -2.34. The molecule has 0 unspecified atom stereocenters. The van der Waals surface area contributed by atoms with Crippen LogP contribution < -0.4 is 19.5 Å². The highest BCUT2D eigenvalue weighted by atomic mass is 35.5. The highest BCUT2D eigenvalue weighted by molar-refractivity contribution is 6.01. The smallest absolute Gasteiger partial charge is 0.223 e. The van der Waals surface area contributed by atoms with Crippen molar-refractivity contribution in [3.05, 3.63) is 17.7 Å². The number of halogens is 1. The zero-order chi connectivity index (χ0) is 18.2. The second-order valence-corrected chi connectivity index (χ2v) is 5.81. The van der Waals surface area contributed by atoms with E-state index in [9.17, 15) is 9.59 Å². The van der Waals surface area contributed by atoms with E-state index in [1.807, 2.05) is 4.90 Å². The summed E-state index contributed by atoms with van der Waals surface area (Å²) in [7, 11) is 4.52. The Hall–Kier alpha value is -1.99. The van der Waals surface area contributed by atoms with Gasteiger partial charge in [-0.25, -0.2) is 0 Å². The molecule has 146 valence electrons. The number of carbonyl (C=O) groups is 2. The van der Waals surface area contributed by atoms with Gasteiger partial charge >= 0.3 is 0 Å². The van der Waals surface area contributed by atoms with Crippen molar-refractivity contribution >= 4 is 24.1 Å². The number of methoxy groups -OCH3 is 3. The molecule has 1 amide bonds. The lowest BCUT2D eigenvalue weighted by molar-refractivity contribution is -0.130. The molecule has 0 spiro atoms. The molecule has 0 aliphatic carbocycles. The molecule has 2 rings (SSSR count). The van der Waals surface area contributed by atoms with Gasteiger partial charge < -0.3 is 24.4 Å². The molecule has 1 fully saturated rings. The van der Waals surface area contributed by atoms with Gasteiger partial charge in [0.15, 0.2) is 17.3 Å². The number of Topliss-reactive ketones (excluding diaryl/α,β-unsaturated/α-hetero) is 1. The van der Waals surface area contributed by atoms with Gasteiger partial charge in [0.25, 0.3) is 0 Å². The van der Waals surface area contributed by atoms with Crippen LogP contribution >= 0.6 is 12.4 Å². The third kappa shape index (κ3) is 5.51. The molecule has 1 aliphatic rings. The summed E-state index contributed by atoms with van der Waals surface area (Å²) in [4.78, 5) is 26.7. The summed E-state index contributed by atoms with van der Waals surface area (Å²) in [6.45, 7) is 3.14. The maximum atomic E-state index is 12.6. The molecule has 0 radical (unpaired) electrons. The van der Waals surface area contributed by atoms with E-state index in [1.54, 1.807) is 12.1 Å². The Labute approximate surface area is 160 Å². The lowest BCUT2D eigenvalue weighted by atomic mass is 10.0. The summed E-state index contributed by atoms with van der Waals surface area (Å²) in [5, 5.41) is 3.26. The summed E-state index contributed by atoms with van der Waals surface area (Å²) < 4.78 is 15.8. The number of ether oxygens (including phenoxy) is 3. The van der Waals surface area contributed by atoms with Crippen LogP contribution in [0.3, 0.4) is 0 Å². The van der Waals surface area contributed by atoms with Gasteiger partial charge in [-0.1, -0.05) is 0 Å². The average molecular weight is 387 g/mol. The molecule has 1 heterocycles. The van der Waals surface area contributed by atoms with Gasteiger partial charge in [0.05, 0.1) is 26.9 Å². The zero-order valence-electron chi connectivity index (χ0n) is 15.5. The maximum Gasteiger partial charge on any atom is 0.223 e. The van der Waals surface area contributed by atoms with Crippen LogP contribution in [-0.2, 0) is 4.79 Å². The predicted octanol–water partition coefficient (Wildman–Crippen LogP) is 1.92. The van der Waals surface area contributed by atoms with Crippen LogP contribution in [0.15, 0.2) is 12.1 Å². The van der Waals surface area contributed by atoms with E-state index in [1.165, 1.54) is 21.3 Å². The summed E-state index contributed by atoms with van der Waals surface area (Å²) in [5.41, 5.74) is 0.394. The van der Waals surface area contributed by atoms with Crippen molar-refractivity contribution in [2.45, 2.75) is 19.3 Å². The van der Waals surface area contributed by atoms with Gasteiger partial charge in [0.1, 0.15) is 5.75 Å². The molecule has 0 atom stereocenters. The molecular weight excluding hydrogens is 360 g/mol. The number of ketones is 1. The molecule has 1 aromatic carbocycles. The highest BCUT2D eigenvalue weighted by Gasteiger charge is 2.20. The number of hydrogen-bond acceptors (Lipinski definition) is 6. The number of nitrogens with one attached hydrogen (secondary N) is 1. The van der Waals surface area contributed by atoms with E-state index in [-0.39, 0.29) is 36.9 Å². The quantitative estimate of drug-likeness (QED) is 0.721. The van der Waals surface area contributed by atoms with Crippen molar-refractivity contribution in [3.8, 4) is 17.2 Å². The van der Waals surface area contributed by atoms with Crippen molar-refractivity contribution in [1.82, 2.24) is 10.2 Å². The van der Waals surface area contributed by atoms with Crippen molar-refractivity contribution < 1.29 is 23.8 Å². The first-order valence-corrected chi connectivity index (χ1v) is 8.42. The second-order valence-electron chi connectivity index (χ2n) is 5.81. The van der Waals surface area contributed by atoms with Gasteiger partial charge in [0.2, 0.25) is 5.91 Å². The van der Waals surface area contributed by atoms with E-state index in [4.69, 9.17) is 14.2 Å². The number of benzene rings is 1. The molecule has 1 aliphatic heterocycles. The molecule has 1 aromatic rings. The number of amides is 1. The van der Waals surface area contributed by atoms with E-state index in [0.29, 0.717) is 29.4 Å². The van der Waals surface area contributed by atoms with Crippen molar-refractivity contribution in [2.24, 2.45) is 0 Å². The second kappa shape index (κ2) is 10.9. The van der Waals surface area contributed by atoms with Gasteiger partial charge in [-0.15, -0.1) is 12.4 Å². The average Bonchev–Trinajstić information content (AvgIpc) is 2.94. The minimum atomic E-state index is -0.154. The van der Waals surface area contributed by atoms with Crippen LogP contribution in [0.25, 0.3) is 0 Å². The van der Waals surface area contributed by atoms with Crippen LogP contribution in [0.2, 0.25) is 0 Å². The van der Waals surface area contributed by atoms with Gasteiger partial charge in [-0.3, -0.25) is 9.59 Å². The first-order valence-electron chi connectivity index (χ1n) is 8.42. The molecule has 0 aromatic heterocycles. The summed E-state index contributed by atoms with van der Waals surface area (Å²) in [6.07, 6.45) is 1.26. The van der Waals surface area contributed by atoms with Gasteiger partial charge in [-0.05, 0) is 19.0 Å². The number of rotatable bonds is 7.